The van der Waals surface area contributed by atoms with E-state index in [1.165, 1.54) is 10.7 Å². The standard InChI is InChI=1S/C18H18ClN5O/c1-18(2)6-7-24-17(18)13-8-11(4-5-15(13)21-24)12-9-16(23(3)22-25)20-10-14(12)19/h4-5,8-10H,6-7H2,1-3H3. The van der Waals surface area contributed by atoms with E-state index in [0.717, 1.165) is 35.0 Å². The third kappa shape index (κ3) is 2.48. The van der Waals surface area contributed by atoms with Gasteiger partial charge in [-0.1, -0.05) is 31.5 Å². The van der Waals surface area contributed by atoms with Crippen molar-refractivity contribution in [3.8, 4) is 11.1 Å². The number of nitroso groups, excluding NO2 is 1. The molecule has 7 heteroatoms. The molecule has 0 saturated carbocycles. The Kier molecular flexibility index (Phi) is 3.54. The minimum atomic E-state index is 0.0994. The van der Waals surface area contributed by atoms with Crippen molar-refractivity contribution in [3.05, 3.63) is 46.1 Å². The second-order valence-electron chi connectivity index (χ2n) is 7.07. The molecule has 0 bridgehead atoms. The predicted molar refractivity (Wildman–Crippen MR) is 99.8 cm³/mol. The van der Waals surface area contributed by atoms with Crippen molar-refractivity contribution in [2.24, 2.45) is 5.29 Å². The first kappa shape index (κ1) is 16.0. The molecule has 1 aliphatic rings. The van der Waals surface area contributed by atoms with Crippen molar-refractivity contribution in [1.29, 1.82) is 0 Å². The summed E-state index contributed by atoms with van der Waals surface area (Å²) in [6.07, 6.45) is 2.63. The van der Waals surface area contributed by atoms with Crippen LogP contribution in [0, 0.1) is 4.91 Å². The minimum Gasteiger partial charge on any atom is -0.268 e. The Hall–Kier alpha value is -2.47. The van der Waals surface area contributed by atoms with Gasteiger partial charge in [-0.3, -0.25) is 4.68 Å². The maximum atomic E-state index is 10.8. The van der Waals surface area contributed by atoms with Crippen LogP contribution in [0.3, 0.4) is 0 Å². The number of halogens is 1. The first-order chi connectivity index (χ1) is 11.9. The smallest absolute Gasteiger partial charge is 0.152 e. The van der Waals surface area contributed by atoms with E-state index >= 15 is 0 Å². The molecule has 0 fully saturated rings. The molecule has 1 aromatic carbocycles. The molecule has 3 aromatic rings. The molecule has 0 amide bonds. The van der Waals surface area contributed by atoms with Gasteiger partial charge in [0.05, 0.1) is 21.5 Å². The number of aromatic nitrogens is 3. The van der Waals surface area contributed by atoms with Gasteiger partial charge in [-0.2, -0.15) is 5.10 Å². The minimum absolute atomic E-state index is 0.0994. The normalized spacial score (nSPS) is 15.4. The van der Waals surface area contributed by atoms with Crippen LogP contribution in [0.2, 0.25) is 5.02 Å². The van der Waals surface area contributed by atoms with Gasteiger partial charge in [-0.15, -0.1) is 4.91 Å². The summed E-state index contributed by atoms with van der Waals surface area (Å²) in [5.41, 5.74) is 4.14. The van der Waals surface area contributed by atoms with E-state index < -0.39 is 0 Å². The Morgan fingerprint density at radius 2 is 2.12 bits per heavy atom. The number of hydrogen-bond acceptors (Lipinski definition) is 4. The fourth-order valence-corrected chi connectivity index (χ4v) is 3.76. The first-order valence-corrected chi connectivity index (χ1v) is 8.52. The highest BCUT2D eigenvalue weighted by atomic mass is 35.5. The molecule has 6 nitrogen and oxygen atoms in total. The van der Waals surface area contributed by atoms with Crippen LogP contribution in [0.5, 0.6) is 0 Å². The number of aryl methyl sites for hydroxylation is 1. The van der Waals surface area contributed by atoms with Gasteiger partial charge in [0.15, 0.2) is 5.82 Å². The summed E-state index contributed by atoms with van der Waals surface area (Å²) >= 11 is 6.37. The summed E-state index contributed by atoms with van der Waals surface area (Å²) in [5.74, 6) is 0.454. The lowest BCUT2D eigenvalue weighted by molar-refractivity contribution is 0.521. The van der Waals surface area contributed by atoms with Crippen molar-refractivity contribution >= 4 is 28.3 Å². The van der Waals surface area contributed by atoms with Gasteiger partial charge in [0.2, 0.25) is 0 Å². The average molecular weight is 356 g/mol. The van der Waals surface area contributed by atoms with E-state index in [4.69, 9.17) is 16.7 Å². The third-order valence-corrected chi connectivity index (χ3v) is 5.24. The fourth-order valence-electron chi connectivity index (χ4n) is 3.55. The molecular formula is C18H18ClN5O. The van der Waals surface area contributed by atoms with Gasteiger partial charge in [-0.25, -0.2) is 9.99 Å². The molecule has 0 atom stereocenters. The molecule has 128 valence electrons. The molecule has 0 aliphatic carbocycles. The Morgan fingerprint density at radius 3 is 2.88 bits per heavy atom. The maximum absolute atomic E-state index is 10.8. The number of rotatable bonds is 3. The van der Waals surface area contributed by atoms with Crippen LogP contribution in [0.4, 0.5) is 5.82 Å². The maximum Gasteiger partial charge on any atom is 0.152 e. The lowest BCUT2D eigenvalue weighted by Crippen LogP contribution is -2.12. The summed E-state index contributed by atoms with van der Waals surface area (Å²) in [6.45, 7) is 5.45. The van der Waals surface area contributed by atoms with E-state index in [0.29, 0.717) is 10.8 Å². The van der Waals surface area contributed by atoms with Gasteiger partial charge in [-0.05, 0) is 30.2 Å². The summed E-state index contributed by atoms with van der Waals surface area (Å²) in [7, 11) is 1.56. The number of hydrogen-bond donors (Lipinski definition) is 0. The zero-order chi connectivity index (χ0) is 17.8. The van der Waals surface area contributed by atoms with E-state index in [9.17, 15) is 4.91 Å². The van der Waals surface area contributed by atoms with Crippen molar-refractivity contribution in [2.45, 2.75) is 32.2 Å². The van der Waals surface area contributed by atoms with Gasteiger partial charge >= 0.3 is 0 Å². The van der Waals surface area contributed by atoms with Gasteiger partial charge in [0, 0.05) is 36.2 Å². The molecule has 0 saturated heterocycles. The third-order valence-electron chi connectivity index (χ3n) is 4.93. The van der Waals surface area contributed by atoms with Crippen molar-refractivity contribution in [1.82, 2.24) is 14.8 Å². The number of fused-ring (bicyclic) bond motifs is 3. The van der Waals surface area contributed by atoms with Crippen molar-refractivity contribution in [3.63, 3.8) is 0 Å². The number of pyridine rings is 1. The van der Waals surface area contributed by atoms with Crippen molar-refractivity contribution in [2.75, 3.05) is 12.1 Å². The summed E-state index contributed by atoms with van der Waals surface area (Å²) in [6, 6.07) is 7.92. The Morgan fingerprint density at radius 1 is 1.32 bits per heavy atom. The molecule has 0 unspecified atom stereocenters. The Labute approximate surface area is 150 Å². The summed E-state index contributed by atoms with van der Waals surface area (Å²) in [5, 5.41) is 10.5. The zero-order valence-electron chi connectivity index (χ0n) is 14.3. The van der Waals surface area contributed by atoms with Crippen LogP contribution in [0.25, 0.3) is 22.0 Å². The summed E-state index contributed by atoms with van der Waals surface area (Å²) < 4.78 is 2.11. The lowest BCUT2D eigenvalue weighted by Gasteiger charge is -2.17. The number of benzene rings is 1. The molecule has 0 N–H and O–H groups in total. The molecule has 1 aliphatic heterocycles. The monoisotopic (exact) mass is 355 g/mol. The summed E-state index contributed by atoms with van der Waals surface area (Å²) in [4.78, 5) is 14.9. The average Bonchev–Trinajstić information content (AvgIpc) is 3.11. The number of anilines is 1. The van der Waals surface area contributed by atoms with Crippen LogP contribution in [-0.2, 0) is 12.0 Å². The van der Waals surface area contributed by atoms with E-state index in [2.05, 4.69) is 34.9 Å². The SMILES string of the molecule is CN(N=O)c1cc(-c2ccc3nn4c(c3c2)C(C)(C)CC4)c(Cl)cn1. The Bertz CT molecular complexity index is 995. The predicted octanol–water partition coefficient (Wildman–Crippen LogP) is 4.55. The van der Waals surface area contributed by atoms with Gasteiger partial charge in [0.1, 0.15) is 0 Å². The quantitative estimate of drug-likeness (QED) is 0.510. The van der Waals surface area contributed by atoms with E-state index in [1.54, 1.807) is 19.3 Å². The molecular weight excluding hydrogens is 338 g/mol. The molecule has 3 heterocycles. The highest BCUT2D eigenvalue weighted by molar-refractivity contribution is 6.33. The van der Waals surface area contributed by atoms with Crippen LogP contribution < -0.4 is 5.01 Å². The molecule has 2 aromatic heterocycles. The van der Waals surface area contributed by atoms with Crippen LogP contribution in [-0.4, -0.2) is 21.8 Å². The molecule has 0 radical (unpaired) electrons. The van der Waals surface area contributed by atoms with Crippen molar-refractivity contribution < 1.29 is 0 Å². The zero-order valence-corrected chi connectivity index (χ0v) is 15.1. The highest BCUT2D eigenvalue weighted by Gasteiger charge is 2.33. The van der Waals surface area contributed by atoms with Crippen LogP contribution >= 0.6 is 11.6 Å². The molecule has 0 spiro atoms. The second kappa shape index (κ2) is 5.52. The highest BCUT2D eigenvalue weighted by Crippen LogP contribution is 2.40. The molecule has 4 rings (SSSR count). The van der Waals surface area contributed by atoms with E-state index in [-0.39, 0.29) is 5.41 Å². The largest absolute Gasteiger partial charge is 0.268 e. The molecule has 25 heavy (non-hydrogen) atoms. The topological polar surface area (TPSA) is 63.4 Å². The first-order valence-electron chi connectivity index (χ1n) is 8.15. The van der Waals surface area contributed by atoms with Gasteiger partial charge < -0.3 is 0 Å². The number of nitrogens with zero attached hydrogens (tertiary/aromatic N) is 5. The van der Waals surface area contributed by atoms with Crippen LogP contribution in [0.1, 0.15) is 26.0 Å². The second-order valence-corrected chi connectivity index (χ2v) is 7.47. The lowest BCUT2D eigenvalue weighted by atomic mass is 9.86. The van der Waals surface area contributed by atoms with Crippen LogP contribution in [0.15, 0.2) is 35.7 Å². The Balaban J connectivity index is 1.90. The van der Waals surface area contributed by atoms with Gasteiger partial charge in [0.25, 0.3) is 0 Å². The van der Waals surface area contributed by atoms with E-state index in [1.807, 2.05) is 12.1 Å². The fraction of sp³-hybridized carbons (Fsp3) is 0.333.